The Morgan fingerprint density at radius 1 is 1.17 bits per heavy atom. The van der Waals surface area contributed by atoms with Gasteiger partial charge in [0.2, 0.25) is 0 Å². The molecule has 124 valence electrons. The van der Waals surface area contributed by atoms with E-state index < -0.39 is 12.2 Å². The van der Waals surface area contributed by atoms with Crippen molar-refractivity contribution in [2.75, 3.05) is 6.54 Å². The summed E-state index contributed by atoms with van der Waals surface area (Å²) in [7, 11) is 0. The number of nitrogens with zero attached hydrogens (tertiary/aromatic N) is 1. The fraction of sp³-hybridized carbons (Fsp3) is 0.529. The summed E-state index contributed by atoms with van der Waals surface area (Å²) >= 11 is 0. The fourth-order valence-corrected chi connectivity index (χ4v) is 3.77. The smallest absolute Gasteiger partial charge is 0.407 e. The molecular weight excluding hydrogens is 296 g/mol. The van der Waals surface area contributed by atoms with Crippen molar-refractivity contribution >= 4 is 12.2 Å². The number of carboxylic acid groups (broad SMARTS) is 1. The average molecular weight is 318 g/mol. The summed E-state index contributed by atoms with van der Waals surface area (Å²) in [6.07, 6.45) is 2.29. The predicted octanol–water partition coefficient (Wildman–Crippen LogP) is 2.83. The highest BCUT2D eigenvalue weighted by atomic mass is 16.5. The Bertz CT molecular complexity index is 549. The van der Waals surface area contributed by atoms with Gasteiger partial charge >= 0.3 is 12.2 Å². The maximum absolute atomic E-state index is 11.8. The number of hydrogen-bond acceptors (Lipinski definition) is 3. The third-order valence-corrected chi connectivity index (χ3v) is 4.80. The molecule has 2 atom stereocenters. The van der Waals surface area contributed by atoms with Crippen molar-refractivity contribution in [2.24, 2.45) is 5.92 Å². The van der Waals surface area contributed by atoms with Crippen molar-refractivity contribution in [3.05, 3.63) is 35.9 Å². The van der Waals surface area contributed by atoms with Gasteiger partial charge in [-0.1, -0.05) is 30.3 Å². The molecule has 2 amide bonds. The number of carbonyl (C=O) groups excluding carboxylic acids is 1. The van der Waals surface area contributed by atoms with Gasteiger partial charge in [-0.2, -0.15) is 0 Å². The van der Waals surface area contributed by atoms with E-state index in [-0.39, 0.29) is 18.7 Å². The lowest BCUT2D eigenvalue weighted by atomic mass is 9.91. The molecular formula is C17H22N2O4. The van der Waals surface area contributed by atoms with E-state index >= 15 is 0 Å². The maximum atomic E-state index is 11.8. The van der Waals surface area contributed by atoms with Crippen LogP contribution >= 0.6 is 0 Å². The minimum Gasteiger partial charge on any atom is -0.465 e. The summed E-state index contributed by atoms with van der Waals surface area (Å²) in [5.74, 6) is 0.326. The monoisotopic (exact) mass is 318 g/mol. The Morgan fingerprint density at radius 3 is 2.43 bits per heavy atom. The summed E-state index contributed by atoms with van der Waals surface area (Å²) in [5.41, 5.74) is 0.954. The Kier molecular flexibility index (Phi) is 4.69. The number of carbonyl (C=O) groups is 2. The first-order chi connectivity index (χ1) is 11.1. The Labute approximate surface area is 135 Å². The second-order valence-corrected chi connectivity index (χ2v) is 6.35. The molecule has 0 spiro atoms. The van der Waals surface area contributed by atoms with E-state index in [1.165, 1.54) is 0 Å². The highest BCUT2D eigenvalue weighted by Crippen LogP contribution is 2.38. The molecule has 1 aromatic carbocycles. The van der Waals surface area contributed by atoms with Gasteiger partial charge in [-0.15, -0.1) is 0 Å². The molecule has 3 rings (SSSR count). The zero-order valence-electron chi connectivity index (χ0n) is 13.0. The Morgan fingerprint density at radius 2 is 1.83 bits per heavy atom. The quantitative estimate of drug-likeness (QED) is 0.895. The van der Waals surface area contributed by atoms with Gasteiger partial charge in [0.05, 0.1) is 0 Å². The van der Waals surface area contributed by atoms with Gasteiger partial charge in [-0.3, -0.25) is 0 Å². The van der Waals surface area contributed by atoms with Crippen molar-refractivity contribution in [1.82, 2.24) is 10.2 Å². The van der Waals surface area contributed by atoms with Gasteiger partial charge in [0.25, 0.3) is 0 Å². The minimum absolute atomic E-state index is 0.110. The number of benzene rings is 1. The van der Waals surface area contributed by atoms with Crippen LogP contribution in [0.1, 0.15) is 31.2 Å². The van der Waals surface area contributed by atoms with Gasteiger partial charge < -0.3 is 20.1 Å². The summed E-state index contributed by atoms with van der Waals surface area (Å²) in [5, 5.41) is 12.0. The molecule has 2 aliphatic rings. The summed E-state index contributed by atoms with van der Waals surface area (Å²) in [4.78, 5) is 24.6. The molecule has 2 N–H and O–H groups in total. The van der Waals surface area contributed by atoms with E-state index in [0.29, 0.717) is 12.5 Å². The Hall–Kier alpha value is -2.24. The van der Waals surface area contributed by atoms with Crippen LogP contribution < -0.4 is 5.32 Å². The molecule has 2 saturated heterocycles. The first-order valence-corrected chi connectivity index (χ1v) is 8.09. The van der Waals surface area contributed by atoms with Gasteiger partial charge in [-0.25, -0.2) is 9.59 Å². The van der Waals surface area contributed by atoms with E-state index in [1.807, 2.05) is 30.3 Å². The molecule has 2 unspecified atom stereocenters. The molecule has 6 heteroatoms. The molecule has 6 nitrogen and oxygen atoms in total. The fourth-order valence-electron chi connectivity index (χ4n) is 3.77. The van der Waals surface area contributed by atoms with Crippen LogP contribution in [0.25, 0.3) is 0 Å². The van der Waals surface area contributed by atoms with Crippen molar-refractivity contribution in [2.45, 2.75) is 44.4 Å². The number of nitrogens with one attached hydrogen (secondary N) is 1. The summed E-state index contributed by atoms with van der Waals surface area (Å²) < 4.78 is 5.19. The lowest BCUT2D eigenvalue weighted by Crippen LogP contribution is -2.47. The molecule has 0 aromatic heterocycles. The Balaban J connectivity index is 1.41. The topological polar surface area (TPSA) is 78.9 Å². The molecule has 1 aromatic rings. The van der Waals surface area contributed by atoms with Crippen LogP contribution in [0, 0.1) is 5.92 Å². The number of piperidine rings is 1. The zero-order valence-corrected chi connectivity index (χ0v) is 13.0. The van der Waals surface area contributed by atoms with Crippen LogP contribution in [0.4, 0.5) is 9.59 Å². The van der Waals surface area contributed by atoms with Gasteiger partial charge in [0.1, 0.15) is 6.61 Å². The summed E-state index contributed by atoms with van der Waals surface area (Å²) in [6.45, 7) is 0.809. The van der Waals surface area contributed by atoms with Gasteiger partial charge in [0.15, 0.2) is 0 Å². The van der Waals surface area contributed by atoms with Crippen molar-refractivity contribution < 1.29 is 19.4 Å². The van der Waals surface area contributed by atoms with Crippen LogP contribution in [0.15, 0.2) is 30.3 Å². The minimum atomic E-state index is -0.814. The van der Waals surface area contributed by atoms with E-state index in [0.717, 1.165) is 31.2 Å². The third-order valence-electron chi connectivity index (χ3n) is 4.80. The molecule has 23 heavy (non-hydrogen) atoms. The molecule has 2 bridgehead atoms. The lowest BCUT2D eigenvalue weighted by molar-refractivity contribution is 0.0828. The second-order valence-electron chi connectivity index (χ2n) is 6.35. The van der Waals surface area contributed by atoms with E-state index in [9.17, 15) is 14.7 Å². The molecule has 2 aliphatic heterocycles. The SMILES string of the molecule is O=C(NCC1CC2CCC(C1)N2C(=O)O)OCc1ccccc1. The first-order valence-electron chi connectivity index (χ1n) is 8.09. The van der Waals surface area contributed by atoms with Crippen molar-refractivity contribution in [3.63, 3.8) is 0 Å². The maximum Gasteiger partial charge on any atom is 0.407 e. The van der Waals surface area contributed by atoms with Crippen LogP contribution in [0.2, 0.25) is 0 Å². The molecule has 0 aliphatic carbocycles. The number of amides is 2. The van der Waals surface area contributed by atoms with E-state index in [1.54, 1.807) is 4.90 Å². The molecule has 0 saturated carbocycles. The van der Waals surface area contributed by atoms with E-state index in [4.69, 9.17) is 4.74 Å². The number of ether oxygens (including phenoxy) is 1. The molecule has 0 radical (unpaired) electrons. The zero-order chi connectivity index (χ0) is 16.2. The number of fused-ring (bicyclic) bond motifs is 2. The summed E-state index contributed by atoms with van der Waals surface area (Å²) in [6, 6.07) is 9.77. The standard InChI is InChI=1S/C17H22N2O4/c20-16(23-11-12-4-2-1-3-5-12)18-10-13-8-14-6-7-15(9-13)19(14)17(21)22/h1-5,13-15H,6-11H2,(H,18,20)(H,21,22). The molecule has 2 fully saturated rings. The highest BCUT2D eigenvalue weighted by Gasteiger charge is 2.43. The molecule has 2 heterocycles. The number of hydrogen-bond donors (Lipinski definition) is 2. The van der Waals surface area contributed by atoms with Gasteiger partial charge in [0, 0.05) is 18.6 Å². The third kappa shape index (κ3) is 3.75. The van der Waals surface area contributed by atoms with Crippen molar-refractivity contribution in [1.29, 1.82) is 0 Å². The average Bonchev–Trinajstić information content (AvgIpc) is 2.83. The van der Waals surface area contributed by atoms with Gasteiger partial charge in [-0.05, 0) is 37.2 Å². The van der Waals surface area contributed by atoms with Crippen LogP contribution in [-0.2, 0) is 11.3 Å². The predicted molar refractivity (Wildman–Crippen MR) is 84.0 cm³/mol. The number of alkyl carbamates (subject to hydrolysis) is 1. The second kappa shape index (κ2) is 6.89. The van der Waals surface area contributed by atoms with Crippen LogP contribution in [-0.4, -0.2) is 40.8 Å². The normalized spacial score (nSPS) is 25.9. The number of rotatable bonds is 4. The van der Waals surface area contributed by atoms with Crippen LogP contribution in [0.5, 0.6) is 0 Å². The lowest BCUT2D eigenvalue weighted by Gasteiger charge is -2.37. The van der Waals surface area contributed by atoms with E-state index in [2.05, 4.69) is 5.32 Å². The van der Waals surface area contributed by atoms with Crippen molar-refractivity contribution in [3.8, 4) is 0 Å². The highest BCUT2D eigenvalue weighted by molar-refractivity contribution is 5.67. The largest absolute Gasteiger partial charge is 0.465 e. The first kappa shape index (κ1) is 15.6. The van der Waals surface area contributed by atoms with Crippen LogP contribution in [0.3, 0.4) is 0 Å².